The van der Waals surface area contributed by atoms with Gasteiger partial charge in [0.15, 0.2) is 5.78 Å². The molecule has 3 rings (SSSR count). The predicted molar refractivity (Wildman–Crippen MR) is 119 cm³/mol. The van der Waals surface area contributed by atoms with Crippen molar-refractivity contribution in [3.8, 4) is 0 Å². The summed E-state index contributed by atoms with van der Waals surface area (Å²) in [6.07, 6.45) is 4.73. The molecule has 0 spiro atoms. The van der Waals surface area contributed by atoms with Crippen LogP contribution < -0.4 is 0 Å². The second-order valence-corrected chi connectivity index (χ2v) is 8.48. The van der Waals surface area contributed by atoms with Gasteiger partial charge >= 0.3 is 0 Å². The van der Waals surface area contributed by atoms with Crippen molar-refractivity contribution in [2.75, 3.05) is 39.3 Å². The summed E-state index contributed by atoms with van der Waals surface area (Å²) in [7, 11) is 0. The highest BCUT2D eigenvalue weighted by molar-refractivity contribution is 6.42. The standard InChI is InChI=1S/C22H25Cl2N3O4/c23-18-5-3-16(14-19(18)24)4-6-20(29)25-10-7-21(30)26(13-12-25)11-8-22(31)27-9-1-2-17(28)15-27/h3-6,14H,1-2,7-13,15H2/b6-4+. The van der Waals surface area contributed by atoms with E-state index in [0.29, 0.717) is 55.6 Å². The third-order valence-corrected chi connectivity index (χ3v) is 6.20. The van der Waals surface area contributed by atoms with Crippen LogP contribution in [0.5, 0.6) is 0 Å². The summed E-state index contributed by atoms with van der Waals surface area (Å²) in [6, 6.07) is 5.10. The number of rotatable bonds is 5. The summed E-state index contributed by atoms with van der Waals surface area (Å²) in [6.45, 7) is 2.15. The quantitative estimate of drug-likeness (QED) is 0.626. The van der Waals surface area contributed by atoms with Crippen molar-refractivity contribution < 1.29 is 19.2 Å². The molecule has 7 nitrogen and oxygen atoms in total. The molecular formula is C22H25Cl2N3O4. The van der Waals surface area contributed by atoms with Crippen LogP contribution in [-0.4, -0.2) is 77.5 Å². The maximum atomic E-state index is 12.6. The minimum Gasteiger partial charge on any atom is -0.340 e. The number of likely N-dealkylation sites (tertiary alicyclic amines) is 1. The van der Waals surface area contributed by atoms with E-state index in [1.807, 2.05) is 0 Å². The summed E-state index contributed by atoms with van der Waals surface area (Å²) in [5, 5.41) is 0.859. The molecule has 2 aliphatic heterocycles. The van der Waals surface area contributed by atoms with Gasteiger partial charge in [-0.3, -0.25) is 19.2 Å². The largest absolute Gasteiger partial charge is 0.340 e. The summed E-state index contributed by atoms with van der Waals surface area (Å²) < 4.78 is 0. The number of benzene rings is 1. The molecule has 0 radical (unpaired) electrons. The van der Waals surface area contributed by atoms with Crippen molar-refractivity contribution in [1.82, 2.24) is 14.7 Å². The smallest absolute Gasteiger partial charge is 0.246 e. The number of nitrogens with zero attached hydrogens (tertiary/aromatic N) is 3. The van der Waals surface area contributed by atoms with Crippen LogP contribution in [-0.2, 0) is 19.2 Å². The Bertz CT molecular complexity index is 903. The van der Waals surface area contributed by atoms with Gasteiger partial charge in [0.05, 0.1) is 16.6 Å². The number of halogens is 2. The highest BCUT2D eigenvalue weighted by Gasteiger charge is 2.25. The summed E-state index contributed by atoms with van der Waals surface area (Å²) in [5.74, 6) is -0.300. The van der Waals surface area contributed by atoms with E-state index >= 15 is 0 Å². The number of piperidine rings is 1. The Kier molecular flexibility index (Phi) is 8.09. The van der Waals surface area contributed by atoms with Gasteiger partial charge in [-0.1, -0.05) is 29.3 Å². The van der Waals surface area contributed by atoms with E-state index < -0.39 is 0 Å². The van der Waals surface area contributed by atoms with Crippen LogP contribution in [0, 0.1) is 0 Å². The fourth-order valence-corrected chi connectivity index (χ4v) is 3.96. The van der Waals surface area contributed by atoms with Crippen molar-refractivity contribution >= 4 is 52.8 Å². The number of carbonyl (C=O) groups excluding carboxylic acids is 4. The molecule has 0 unspecified atom stereocenters. The highest BCUT2D eigenvalue weighted by atomic mass is 35.5. The average molecular weight is 466 g/mol. The molecule has 0 bridgehead atoms. The molecule has 0 aliphatic carbocycles. The third kappa shape index (κ3) is 6.55. The second-order valence-electron chi connectivity index (χ2n) is 7.67. The van der Waals surface area contributed by atoms with E-state index in [-0.39, 0.29) is 42.9 Å². The lowest BCUT2D eigenvalue weighted by Gasteiger charge is -2.27. The maximum absolute atomic E-state index is 12.6. The first-order valence-corrected chi connectivity index (χ1v) is 11.1. The summed E-state index contributed by atoms with van der Waals surface area (Å²) in [5.41, 5.74) is 0.755. The molecule has 0 saturated carbocycles. The van der Waals surface area contributed by atoms with Gasteiger partial charge in [0.25, 0.3) is 0 Å². The minimum atomic E-state index is -0.191. The first-order valence-electron chi connectivity index (χ1n) is 10.3. The Hall–Kier alpha value is -2.38. The van der Waals surface area contributed by atoms with Crippen LogP contribution in [0.1, 0.15) is 31.2 Å². The van der Waals surface area contributed by atoms with Crippen LogP contribution in [0.3, 0.4) is 0 Å². The first kappa shape index (κ1) is 23.3. The van der Waals surface area contributed by atoms with E-state index in [4.69, 9.17) is 23.2 Å². The predicted octanol–water partition coefficient (Wildman–Crippen LogP) is 2.65. The lowest BCUT2D eigenvalue weighted by molar-refractivity contribution is -0.138. The van der Waals surface area contributed by atoms with E-state index in [9.17, 15) is 19.2 Å². The van der Waals surface area contributed by atoms with Crippen molar-refractivity contribution in [1.29, 1.82) is 0 Å². The molecular weight excluding hydrogens is 441 g/mol. The molecule has 2 heterocycles. The number of hydrogen-bond acceptors (Lipinski definition) is 4. The Labute approximate surface area is 191 Å². The van der Waals surface area contributed by atoms with Crippen LogP contribution in [0.2, 0.25) is 10.0 Å². The van der Waals surface area contributed by atoms with Gasteiger partial charge in [0, 0.05) is 58.1 Å². The number of amides is 3. The zero-order valence-electron chi connectivity index (χ0n) is 17.2. The minimum absolute atomic E-state index is 0.0773. The molecule has 1 aromatic rings. The maximum Gasteiger partial charge on any atom is 0.246 e. The van der Waals surface area contributed by atoms with Gasteiger partial charge in [-0.25, -0.2) is 0 Å². The van der Waals surface area contributed by atoms with E-state index in [1.54, 1.807) is 39.0 Å². The van der Waals surface area contributed by atoms with Crippen LogP contribution in [0.25, 0.3) is 6.08 Å². The molecule has 0 atom stereocenters. The topological polar surface area (TPSA) is 78.0 Å². The average Bonchev–Trinajstić information content (AvgIpc) is 2.94. The lowest BCUT2D eigenvalue weighted by atomic mass is 10.1. The number of hydrogen-bond donors (Lipinski definition) is 0. The monoisotopic (exact) mass is 465 g/mol. The molecule has 0 aromatic heterocycles. The van der Waals surface area contributed by atoms with E-state index in [1.165, 1.54) is 6.08 Å². The van der Waals surface area contributed by atoms with Crippen LogP contribution >= 0.6 is 23.2 Å². The Morgan fingerprint density at radius 3 is 2.52 bits per heavy atom. The van der Waals surface area contributed by atoms with Gasteiger partial charge < -0.3 is 14.7 Å². The fourth-order valence-electron chi connectivity index (χ4n) is 3.65. The zero-order chi connectivity index (χ0) is 22.4. The molecule has 2 aliphatic rings. The Morgan fingerprint density at radius 2 is 1.77 bits per heavy atom. The van der Waals surface area contributed by atoms with Crippen molar-refractivity contribution in [2.24, 2.45) is 0 Å². The van der Waals surface area contributed by atoms with Gasteiger partial charge in [0.2, 0.25) is 17.7 Å². The van der Waals surface area contributed by atoms with Gasteiger partial charge in [-0.05, 0) is 30.2 Å². The normalized spacial score (nSPS) is 17.9. The second kappa shape index (κ2) is 10.8. The lowest BCUT2D eigenvalue weighted by Crippen LogP contribution is -2.42. The van der Waals surface area contributed by atoms with Crippen molar-refractivity contribution in [2.45, 2.75) is 25.7 Å². The van der Waals surface area contributed by atoms with Crippen LogP contribution in [0.15, 0.2) is 24.3 Å². The van der Waals surface area contributed by atoms with Gasteiger partial charge in [-0.15, -0.1) is 0 Å². The third-order valence-electron chi connectivity index (χ3n) is 5.46. The molecule has 3 amide bonds. The molecule has 166 valence electrons. The summed E-state index contributed by atoms with van der Waals surface area (Å²) >= 11 is 11.9. The highest BCUT2D eigenvalue weighted by Crippen LogP contribution is 2.23. The Balaban J connectivity index is 1.50. The SMILES string of the molecule is O=C1CCCN(C(=O)CCN2CCN(C(=O)/C=C/c3ccc(Cl)c(Cl)c3)CCC2=O)C1. The van der Waals surface area contributed by atoms with Gasteiger partial charge in [-0.2, -0.15) is 0 Å². The molecule has 0 N–H and O–H groups in total. The van der Waals surface area contributed by atoms with Gasteiger partial charge in [0.1, 0.15) is 0 Å². The molecule has 9 heteroatoms. The fraction of sp³-hybridized carbons (Fsp3) is 0.455. The molecule has 1 aromatic carbocycles. The molecule has 2 fully saturated rings. The zero-order valence-corrected chi connectivity index (χ0v) is 18.7. The summed E-state index contributed by atoms with van der Waals surface area (Å²) in [4.78, 5) is 53.7. The molecule has 31 heavy (non-hydrogen) atoms. The van der Waals surface area contributed by atoms with Crippen molar-refractivity contribution in [3.63, 3.8) is 0 Å². The Morgan fingerprint density at radius 1 is 0.968 bits per heavy atom. The first-order chi connectivity index (χ1) is 14.8. The number of carbonyl (C=O) groups is 4. The molecule has 2 saturated heterocycles. The van der Waals surface area contributed by atoms with E-state index in [0.717, 1.165) is 5.56 Å². The van der Waals surface area contributed by atoms with Crippen LogP contribution in [0.4, 0.5) is 0 Å². The number of ketones is 1. The van der Waals surface area contributed by atoms with Crippen molar-refractivity contribution in [3.05, 3.63) is 39.9 Å². The van der Waals surface area contributed by atoms with E-state index in [2.05, 4.69) is 0 Å². The number of Topliss-reactive ketones (excluding diaryl/α,β-unsaturated/α-hetero) is 1.